The maximum absolute atomic E-state index is 11.8. The fourth-order valence-corrected chi connectivity index (χ4v) is 1.88. The Morgan fingerprint density at radius 1 is 1.28 bits per heavy atom. The van der Waals surface area contributed by atoms with Crippen molar-refractivity contribution in [3.05, 3.63) is 42.2 Å². The highest BCUT2D eigenvalue weighted by Gasteiger charge is 2.17. The highest BCUT2D eigenvalue weighted by Crippen LogP contribution is 2.19. The van der Waals surface area contributed by atoms with E-state index in [9.17, 15) is 4.79 Å². The summed E-state index contributed by atoms with van der Waals surface area (Å²) in [6.45, 7) is 5.62. The second kappa shape index (κ2) is 4.77. The van der Waals surface area contributed by atoms with E-state index in [4.69, 9.17) is 4.74 Å². The van der Waals surface area contributed by atoms with Gasteiger partial charge < -0.3 is 4.74 Å². The lowest BCUT2D eigenvalue weighted by Crippen LogP contribution is -2.24. The lowest BCUT2D eigenvalue weighted by atomic mass is 10.0. The lowest BCUT2D eigenvalue weighted by Gasteiger charge is -2.19. The smallest absolute Gasteiger partial charge is 0.310 e. The van der Waals surface area contributed by atoms with Gasteiger partial charge in [-0.3, -0.25) is 9.78 Å². The molecule has 1 heterocycles. The molecule has 3 heteroatoms. The van der Waals surface area contributed by atoms with Crippen molar-refractivity contribution in [1.29, 1.82) is 0 Å². The molecule has 0 saturated heterocycles. The van der Waals surface area contributed by atoms with Gasteiger partial charge in [-0.2, -0.15) is 0 Å². The number of nitrogens with zero attached hydrogens (tertiary/aromatic N) is 1. The summed E-state index contributed by atoms with van der Waals surface area (Å²) >= 11 is 0. The van der Waals surface area contributed by atoms with Gasteiger partial charge in [-0.25, -0.2) is 0 Å². The number of aromatic nitrogens is 1. The van der Waals surface area contributed by atoms with E-state index in [0.29, 0.717) is 6.42 Å². The van der Waals surface area contributed by atoms with Crippen LogP contribution in [0.3, 0.4) is 0 Å². The van der Waals surface area contributed by atoms with Gasteiger partial charge in [0.25, 0.3) is 0 Å². The van der Waals surface area contributed by atoms with Crippen molar-refractivity contribution in [2.45, 2.75) is 32.8 Å². The molecular formula is C15H17NO2. The van der Waals surface area contributed by atoms with Gasteiger partial charge in [0, 0.05) is 17.8 Å². The number of rotatable bonds is 2. The molecule has 2 aromatic rings. The number of ether oxygens (including phenoxy) is 1. The third kappa shape index (κ3) is 3.06. The lowest BCUT2D eigenvalue weighted by molar-refractivity contribution is -0.153. The molecule has 1 aromatic heterocycles. The number of hydrogen-bond donors (Lipinski definition) is 0. The molecule has 0 atom stereocenters. The molecule has 3 nitrogen and oxygen atoms in total. The molecule has 0 radical (unpaired) electrons. The van der Waals surface area contributed by atoms with Gasteiger partial charge in [0.1, 0.15) is 5.60 Å². The quantitative estimate of drug-likeness (QED) is 0.761. The van der Waals surface area contributed by atoms with Crippen LogP contribution in [0.1, 0.15) is 26.3 Å². The highest BCUT2D eigenvalue weighted by atomic mass is 16.6. The molecule has 0 aliphatic carbocycles. The molecule has 0 aliphatic heterocycles. The highest BCUT2D eigenvalue weighted by molar-refractivity contribution is 5.88. The zero-order valence-corrected chi connectivity index (χ0v) is 10.9. The van der Waals surface area contributed by atoms with Gasteiger partial charge in [-0.05, 0) is 37.8 Å². The first-order valence-corrected chi connectivity index (χ1v) is 5.99. The van der Waals surface area contributed by atoms with Gasteiger partial charge in [-0.15, -0.1) is 0 Å². The number of fused-ring (bicyclic) bond motifs is 1. The predicted octanol–water partition coefficient (Wildman–Crippen LogP) is 3.12. The molecule has 0 unspecified atom stereocenters. The Morgan fingerprint density at radius 3 is 2.78 bits per heavy atom. The third-order valence-electron chi connectivity index (χ3n) is 2.53. The molecule has 0 fully saturated rings. The van der Waals surface area contributed by atoms with E-state index in [0.717, 1.165) is 16.3 Å². The number of carbonyl (C=O) groups is 1. The van der Waals surface area contributed by atoms with Crippen molar-refractivity contribution in [3.8, 4) is 0 Å². The van der Waals surface area contributed by atoms with Gasteiger partial charge >= 0.3 is 5.97 Å². The van der Waals surface area contributed by atoms with Gasteiger partial charge in [-0.1, -0.05) is 18.2 Å². The summed E-state index contributed by atoms with van der Waals surface area (Å²) in [5.74, 6) is -0.202. The predicted molar refractivity (Wildman–Crippen MR) is 71.3 cm³/mol. The van der Waals surface area contributed by atoms with Crippen molar-refractivity contribution in [3.63, 3.8) is 0 Å². The summed E-state index contributed by atoms with van der Waals surface area (Å²) in [5, 5.41) is 2.09. The number of hydrogen-bond acceptors (Lipinski definition) is 3. The van der Waals surface area contributed by atoms with Crippen molar-refractivity contribution in [2.75, 3.05) is 0 Å². The van der Waals surface area contributed by atoms with Crippen LogP contribution in [0.4, 0.5) is 0 Å². The molecule has 0 aliphatic rings. The molecule has 0 N–H and O–H groups in total. The van der Waals surface area contributed by atoms with Crippen LogP contribution in [-0.2, 0) is 16.0 Å². The van der Waals surface area contributed by atoms with E-state index in [2.05, 4.69) is 4.98 Å². The molecule has 0 amide bonds. The maximum Gasteiger partial charge on any atom is 0.310 e. The largest absolute Gasteiger partial charge is 0.460 e. The van der Waals surface area contributed by atoms with Crippen molar-refractivity contribution < 1.29 is 9.53 Å². The van der Waals surface area contributed by atoms with Gasteiger partial charge in [0.05, 0.1) is 6.42 Å². The first kappa shape index (κ1) is 12.6. The van der Waals surface area contributed by atoms with Crippen molar-refractivity contribution >= 4 is 16.7 Å². The number of pyridine rings is 1. The average molecular weight is 243 g/mol. The third-order valence-corrected chi connectivity index (χ3v) is 2.53. The van der Waals surface area contributed by atoms with Crippen LogP contribution in [0.5, 0.6) is 0 Å². The number of esters is 1. The zero-order chi connectivity index (χ0) is 13.2. The minimum absolute atomic E-state index is 0.202. The Balaban J connectivity index is 2.24. The molecule has 0 saturated carbocycles. The fourth-order valence-electron chi connectivity index (χ4n) is 1.88. The molecular weight excluding hydrogens is 226 g/mol. The van der Waals surface area contributed by atoms with E-state index in [1.807, 2.05) is 45.0 Å². The summed E-state index contributed by atoms with van der Waals surface area (Å²) in [6, 6.07) is 7.80. The minimum Gasteiger partial charge on any atom is -0.460 e. The molecule has 0 bridgehead atoms. The zero-order valence-electron chi connectivity index (χ0n) is 10.9. The first-order valence-electron chi connectivity index (χ1n) is 5.99. The SMILES string of the molecule is CC(C)(C)OC(=O)Cc1cccc2cnccc12. The van der Waals surface area contributed by atoms with E-state index in [1.165, 1.54) is 0 Å². The second-order valence-corrected chi connectivity index (χ2v) is 5.28. The maximum atomic E-state index is 11.8. The Morgan fingerprint density at radius 2 is 2.06 bits per heavy atom. The van der Waals surface area contributed by atoms with Crippen LogP contribution in [0.15, 0.2) is 36.7 Å². The summed E-state index contributed by atoms with van der Waals surface area (Å²) < 4.78 is 5.34. The molecule has 18 heavy (non-hydrogen) atoms. The Kier molecular flexibility index (Phi) is 3.32. The van der Waals surface area contributed by atoms with E-state index >= 15 is 0 Å². The normalized spacial score (nSPS) is 11.5. The Labute approximate surface area is 107 Å². The summed E-state index contributed by atoms with van der Waals surface area (Å²) in [7, 11) is 0. The van der Waals surface area contributed by atoms with Gasteiger partial charge in [0.15, 0.2) is 0 Å². The van der Waals surface area contributed by atoms with Gasteiger partial charge in [0.2, 0.25) is 0 Å². The summed E-state index contributed by atoms with van der Waals surface area (Å²) in [6.07, 6.45) is 3.83. The molecule has 94 valence electrons. The molecule has 0 spiro atoms. The van der Waals surface area contributed by atoms with Crippen LogP contribution < -0.4 is 0 Å². The van der Waals surface area contributed by atoms with E-state index < -0.39 is 5.60 Å². The molecule has 2 rings (SSSR count). The average Bonchev–Trinajstić information content (AvgIpc) is 2.27. The second-order valence-electron chi connectivity index (χ2n) is 5.28. The van der Waals surface area contributed by atoms with Crippen molar-refractivity contribution in [1.82, 2.24) is 4.98 Å². The van der Waals surface area contributed by atoms with Crippen LogP contribution in [0, 0.1) is 0 Å². The van der Waals surface area contributed by atoms with Crippen molar-refractivity contribution in [2.24, 2.45) is 0 Å². The van der Waals surface area contributed by atoms with E-state index in [-0.39, 0.29) is 5.97 Å². The van der Waals surface area contributed by atoms with Crippen LogP contribution in [0.25, 0.3) is 10.8 Å². The van der Waals surface area contributed by atoms with E-state index in [1.54, 1.807) is 12.4 Å². The number of benzene rings is 1. The fraction of sp³-hybridized carbons (Fsp3) is 0.333. The first-order chi connectivity index (χ1) is 8.46. The van der Waals surface area contributed by atoms with Crippen LogP contribution in [0.2, 0.25) is 0 Å². The van der Waals surface area contributed by atoms with Crippen LogP contribution in [-0.4, -0.2) is 16.6 Å². The Bertz CT molecular complexity index is 565. The van der Waals surface area contributed by atoms with Crippen LogP contribution >= 0.6 is 0 Å². The topological polar surface area (TPSA) is 39.2 Å². The number of carbonyl (C=O) groups excluding carboxylic acids is 1. The monoisotopic (exact) mass is 243 g/mol. The Hall–Kier alpha value is -1.90. The summed E-state index contributed by atoms with van der Waals surface area (Å²) in [4.78, 5) is 15.9. The molecule has 1 aromatic carbocycles. The standard InChI is InChI=1S/C15H17NO2/c1-15(2,3)18-14(17)9-11-5-4-6-12-10-16-8-7-13(11)12/h4-8,10H,9H2,1-3H3. The summed E-state index contributed by atoms with van der Waals surface area (Å²) in [5.41, 5.74) is 0.535. The minimum atomic E-state index is -0.441.